The molecule has 1 aliphatic heterocycles. The number of fused-ring (bicyclic) bond motifs is 4. The Hall–Kier alpha value is -2.78. The number of hydrogen-bond donors (Lipinski definition) is 1. The van der Waals surface area contributed by atoms with Gasteiger partial charge in [-0.1, -0.05) is 26.0 Å². The van der Waals surface area contributed by atoms with Crippen LogP contribution in [0.15, 0.2) is 24.3 Å². The highest BCUT2D eigenvalue weighted by atomic mass is 35.5. The van der Waals surface area contributed by atoms with Crippen LogP contribution in [0.2, 0.25) is 0 Å². The van der Waals surface area contributed by atoms with Gasteiger partial charge in [-0.15, -0.1) is 12.4 Å². The zero-order valence-electron chi connectivity index (χ0n) is 18.0. The van der Waals surface area contributed by atoms with Gasteiger partial charge in [0, 0.05) is 19.0 Å². The molecule has 5 rings (SSSR count). The van der Waals surface area contributed by atoms with Gasteiger partial charge < -0.3 is 10.6 Å². The molecule has 2 aromatic heterocycles. The SMILES string of the molecule is CC1(C)CCc2c(c(N3CCC(C#N)CC3)n3c(nc4ccccc43)c2C(N)=O)C1.Cl. The van der Waals surface area contributed by atoms with Gasteiger partial charge in [-0.2, -0.15) is 5.26 Å². The smallest absolute Gasteiger partial charge is 0.252 e. The van der Waals surface area contributed by atoms with E-state index in [0.717, 1.165) is 67.6 Å². The number of anilines is 1. The molecule has 0 spiro atoms. The van der Waals surface area contributed by atoms with E-state index in [-0.39, 0.29) is 23.7 Å². The van der Waals surface area contributed by atoms with Gasteiger partial charge in [0.1, 0.15) is 5.82 Å². The van der Waals surface area contributed by atoms with Crippen molar-refractivity contribution in [2.45, 2.75) is 46.0 Å². The number of hydrogen-bond acceptors (Lipinski definition) is 4. The number of nitriles is 1. The number of carbonyl (C=O) groups is 1. The van der Waals surface area contributed by atoms with Crippen molar-refractivity contribution >= 4 is 40.8 Å². The minimum Gasteiger partial charge on any atom is -0.365 e. The normalized spacial score (nSPS) is 18.4. The van der Waals surface area contributed by atoms with Crippen LogP contribution in [0.4, 0.5) is 5.82 Å². The van der Waals surface area contributed by atoms with Crippen LogP contribution in [0.25, 0.3) is 16.7 Å². The molecule has 0 radical (unpaired) electrons. The van der Waals surface area contributed by atoms with Crippen LogP contribution in [-0.2, 0) is 12.8 Å². The molecule has 1 fully saturated rings. The predicted molar refractivity (Wildman–Crippen MR) is 125 cm³/mol. The number of aromatic nitrogens is 2. The van der Waals surface area contributed by atoms with Crippen LogP contribution in [0.3, 0.4) is 0 Å². The molecular weight excluding hydrogens is 410 g/mol. The standard InChI is InChI=1S/C24H27N5O.ClH/c1-24(2)10-7-16-17(13-24)23(28-11-8-15(14-25)9-12-28)29-19-6-4-3-5-18(19)27-22(29)20(16)21(26)30;/h3-6,15H,7-13H2,1-2H3,(H2,26,30);1H. The molecule has 0 unspecified atom stereocenters. The number of amides is 1. The molecule has 1 saturated heterocycles. The first-order valence-corrected chi connectivity index (χ1v) is 10.8. The maximum Gasteiger partial charge on any atom is 0.252 e. The zero-order chi connectivity index (χ0) is 21.0. The number of benzene rings is 1. The lowest BCUT2D eigenvalue weighted by Gasteiger charge is -2.39. The van der Waals surface area contributed by atoms with Crippen LogP contribution < -0.4 is 10.6 Å². The van der Waals surface area contributed by atoms with Crippen LogP contribution in [0, 0.1) is 22.7 Å². The van der Waals surface area contributed by atoms with Crippen LogP contribution in [-0.4, -0.2) is 28.4 Å². The molecular formula is C24H28ClN5O. The third-order valence-electron chi connectivity index (χ3n) is 6.86. The predicted octanol–water partition coefficient (Wildman–Crippen LogP) is 4.26. The molecule has 6 nitrogen and oxygen atoms in total. The number of carbonyl (C=O) groups excluding carboxylic acids is 1. The maximum absolute atomic E-state index is 12.6. The van der Waals surface area contributed by atoms with Crippen LogP contribution >= 0.6 is 12.4 Å². The van der Waals surface area contributed by atoms with Gasteiger partial charge in [-0.05, 0) is 60.8 Å². The number of pyridine rings is 1. The number of primary amides is 1. The first kappa shape index (κ1) is 21.5. The fraction of sp³-hybridized carbons (Fsp3) is 0.458. The summed E-state index contributed by atoms with van der Waals surface area (Å²) in [7, 11) is 0. The number of piperidine rings is 1. The molecule has 2 aliphatic rings. The van der Waals surface area contributed by atoms with Gasteiger partial charge in [0.15, 0.2) is 5.65 Å². The number of nitrogens with zero attached hydrogens (tertiary/aromatic N) is 4. The summed E-state index contributed by atoms with van der Waals surface area (Å²) in [6.45, 7) is 6.26. The van der Waals surface area contributed by atoms with Crippen LogP contribution in [0.5, 0.6) is 0 Å². The quantitative estimate of drug-likeness (QED) is 0.648. The molecule has 1 aliphatic carbocycles. The Morgan fingerprint density at radius 1 is 1.23 bits per heavy atom. The average Bonchev–Trinajstić information content (AvgIpc) is 3.10. The summed E-state index contributed by atoms with van der Waals surface area (Å²) < 4.78 is 2.16. The third-order valence-corrected chi connectivity index (χ3v) is 6.86. The monoisotopic (exact) mass is 437 g/mol. The molecule has 31 heavy (non-hydrogen) atoms. The van der Waals surface area contributed by atoms with E-state index in [0.29, 0.717) is 11.2 Å². The molecule has 2 N–H and O–H groups in total. The van der Waals surface area contributed by atoms with E-state index < -0.39 is 5.91 Å². The zero-order valence-corrected chi connectivity index (χ0v) is 18.8. The first-order valence-electron chi connectivity index (χ1n) is 10.8. The maximum atomic E-state index is 12.6. The molecule has 3 heterocycles. The van der Waals surface area contributed by atoms with Crippen LogP contribution in [0.1, 0.15) is 54.6 Å². The van der Waals surface area contributed by atoms with Gasteiger partial charge in [0.05, 0.1) is 22.7 Å². The number of rotatable bonds is 2. The molecule has 7 heteroatoms. The Morgan fingerprint density at radius 3 is 2.61 bits per heavy atom. The van der Waals surface area contributed by atoms with Crippen molar-refractivity contribution in [1.82, 2.24) is 9.38 Å². The summed E-state index contributed by atoms with van der Waals surface area (Å²) in [5.41, 5.74) is 11.5. The summed E-state index contributed by atoms with van der Waals surface area (Å²) in [4.78, 5) is 19.9. The fourth-order valence-electron chi connectivity index (χ4n) is 5.27. The Bertz CT molecular complexity index is 1210. The Labute approximate surface area is 188 Å². The van der Waals surface area contributed by atoms with E-state index in [9.17, 15) is 10.1 Å². The van der Waals surface area contributed by atoms with Crippen molar-refractivity contribution < 1.29 is 4.79 Å². The van der Waals surface area contributed by atoms with E-state index in [1.165, 1.54) is 5.56 Å². The summed E-state index contributed by atoms with van der Waals surface area (Å²) in [6.07, 6.45) is 4.48. The van der Waals surface area contributed by atoms with Crippen molar-refractivity contribution in [3.63, 3.8) is 0 Å². The minimum absolute atomic E-state index is 0. The van der Waals surface area contributed by atoms with Crippen molar-refractivity contribution in [3.05, 3.63) is 41.0 Å². The molecule has 0 bridgehead atoms. The lowest BCUT2D eigenvalue weighted by atomic mass is 9.73. The Balaban J connectivity index is 0.00000231. The summed E-state index contributed by atoms with van der Waals surface area (Å²) >= 11 is 0. The van der Waals surface area contributed by atoms with E-state index in [2.05, 4.69) is 35.3 Å². The van der Waals surface area contributed by atoms with E-state index >= 15 is 0 Å². The second-order valence-electron chi connectivity index (χ2n) is 9.51. The number of imidazole rings is 1. The fourth-order valence-corrected chi connectivity index (χ4v) is 5.27. The summed E-state index contributed by atoms with van der Waals surface area (Å²) in [6, 6.07) is 10.5. The van der Waals surface area contributed by atoms with Gasteiger partial charge in [-0.3, -0.25) is 9.20 Å². The molecule has 0 atom stereocenters. The minimum atomic E-state index is -0.402. The molecule has 1 amide bonds. The lowest BCUT2D eigenvalue weighted by Crippen LogP contribution is -2.37. The number of nitrogens with two attached hydrogens (primary N) is 1. The number of para-hydroxylation sites is 2. The van der Waals surface area contributed by atoms with Gasteiger partial charge in [0.2, 0.25) is 0 Å². The van der Waals surface area contributed by atoms with E-state index in [4.69, 9.17) is 10.7 Å². The average molecular weight is 438 g/mol. The van der Waals surface area contributed by atoms with Crippen molar-refractivity contribution in [1.29, 1.82) is 5.26 Å². The van der Waals surface area contributed by atoms with E-state index in [1.54, 1.807) is 0 Å². The summed E-state index contributed by atoms with van der Waals surface area (Å²) in [5, 5.41) is 9.35. The van der Waals surface area contributed by atoms with E-state index in [1.807, 2.05) is 18.2 Å². The second-order valence-corrected chi connectivity index (χ2v) is 9.51. The molecule has 1 aromatic carbocycles. The third kappa shape index (κ3) is 3.41. The molecule has 162 valence electrons. The second kappa shape index (κ2) is 7.72. The van der Waals surface area contributed by atoms with Gasteiger partial charge >= 0.3 is 0 Å². The Kier molecular flexibility index (Phi) is 5.35. The van der Waals surface area contributed by atoms with Gasteiger partial charge in [-0.25, -0.2) is 4.98 Å². The van der Waals surface area contributed by atoms with Crippen molar-refractivity contribution in [2.75, 3.05) is 18.0 Å². The Morgan fingerprint density at radius 2 is 1.94 bits per heavy atom. The highest BCUT2D eigenvalue weighted by molar-refractivity contribution is 6.03. The topological polar surface area (TPSA) is 87.4 Å². The highest BCUT2D eigenvalue weighted by Crippen LogP contribution is 2.43. The molecule has 0 saturated carbocycles. The molecule has 3 aromatic rings. The summed E-state index contributed by atoms with van der Waals surface area (Å²) in [5.74, 6) is 0.859. The number of halogens is 1. The van der Waals surface area contributed by atoms with Crippen molar-refractivity contribution in [2.24, 2.45) is 17.1 Å². The van der Waals surface area contributed by atoms with Gasteiger partial charge in [0.25, 0.3) is 5.91 Å². The highest BCUT2D eigenvalue weighted by Gasteiger charge is 2.35. The largest absolute Gasteiger partial charge is 0.365 e. The first-order chi connectivity index (χ1) is 14.4. The van der Waals surface area contributed by atoms with Crippen molar-refractivity contribution in [3.8, 4) is 6.07 Å². The lowest BCUT2D eigenvalue weighted by molar-refractivity contribution is 0.0999.